The quantitative estimate of drug-likeness (QED) is 0.617. The Morgan fingerprint density at radius 2 is 1.73 bits per heavy atom. The maximum absolute atomic E-state index is 8.60. The van der Waals surface area contributed by atoms with Gasteiger partial charge in [0, 0.05) is 26.0 Å². The maximum atomic E-state index is 8.60. The largest absolute Gasteiger partial charge is 0.424 e. The molecule has 0 radical (unpaired) electrons. The van der Waals surface area contributed by atoms with E-state index < -0.39 is 6.72 Å². The van der Waals surface area contributed by atoms with Crippen LogP contribution in [0.4, 0.5) is 5.69 Å². The molecule has 0 fully saturated rings. The van der Waals surface area contributed by atoms with Crippen LogP contribution in [0.3, 0.4) is 0 Å². The highest BCUT2D eigenvalue weighted by Gasteiger charge is 2.17. The lowest BCUT2D eigenvalue weighted by molar-refractivity contribution is 0.273. The molecule has 0 bridgehead atoms. The maximum Gasteiger partial charge on any atom is 0.380 e. The van der Waals surface area contributed by atoms with Crippen molar-refractivity contribution in [2.24, 2.45) is 0 Å². The second-order valence-corrected chi connectivity index (χ2v) is 5.69. The summed E-state index contributed by atoms with van der Waals surface area (Å²) in [5.74, 6) is 0.529. The molecule has 1 aromatic carbocycles. The molecule has 0 aliphatic carbocycles. The molecule has 0 amide bonds. The van der Waals surface area contributed by atoms with Gasteiger partial charge >= 0.3 is 6.72 Å². The molecule has 0 aliphatic rings. The summed E-state index contributed by atoms with van der Waals surface area (Å²) in [6.07, 6.45) is 0. The van der Waals surface area contributed by atoms with Crippen LogP contribution in [-0.4, -0.2) is 19.4 Å². The van der Waals surface area contributed by atoms with Crippen molar-refractivity contribution in [3.63, 3.8) is 0 Å². The first kappa shape index (κ1) is 12.4. The minimum absolute atomic E-state index is 0.529. The molecule has 0 saturated carbocycles. The van der Waals surface area contributed by atoms with Crippen LogP contribution in [0.15, 0.2) is 24.3 Å². The Kier molecular flexibility index (Phi) is 4.50. The molecule has 84 valence electrons. The minimum atomic E-state index is -2.68. The van der Waals surface area contributed by atoms with E-state index in [-0.39, 0.29) is 0 Å². The smallest absolute Gasteiger partial charge is 0.380 e. The van der Waals surface area contributed by atoms with Gasteiger partial charge in [0.2, 0.25) is 0 Å². The first-order valence-corrected chi connectivity index (χ1v) is 6.60. The molecule has 0 aliphatic heterocycles. The molecule has 0 aromatic heterocycles. The van der Waals surface area contributed by atoms with Crippen LogP contribution in [0.25, 0.3) is 0 Å². The van der Waals surface area contributed by atoms with E-state index >= 15 is 0 Å². The predicted octanol–water partition coefficient (Wildman–Crippen LogP) is 2.38. The second kappa shape index (κ2) is 5.44. The van der Waals surface area contributed by atoms with Crippen LogP contribution in [-0.2, 0) is 20.9 Å². The first-order chi connectivity index (χ1) is 7.13. The van der Waals surface area contributed by atoms with Gasteiger partial charge in [-0.25, -0.2) is 0 Å². The van der Waals surface area contributed by atoms with Crippen molar-refractivity contribution in [3.05, 3.63) is 24.3 Å². The van der Waals surface area contributed by atoms with Gasteiger partial charge < -0.3 is 13.6 Å². The summed E-state index contributed by atoms with van der Waals surface area (Å²) >= 11 is 5.03. The molecule has 0 spiro atoms. The minimum Gasteiger partial charge on any atom is -0.424 e. The van der Waals surface area contributed by atoms with E-state index in [1.807, 2.05) is 5.48 Å². The fourth-order valence-electron chi connectivity index (χ4n) is 0.869. The third-order valence-electron chi connectivity index (χ3n) is 1.65. The van der Waals surface area contributed by atoms with Gasteiger partial charge in [-0.2, -0.15) is 0 Å². The lowest BCUT2D eigenvalue weighted by atomic mass is 10.3. The zero-order valence-corrected chi connectivity index (χ0v) is 10.0. The molecule has 15 heavy (non-hydrogen) atoms. The second-order valence-electron chi connectivity index (χ2n) is 2.54. The van der Waals surface area contributed by atoms with Gasteiger partial charge in [0.25, 0.3) is 0 Å². The van der Waals surface area contributed by atoms with Crippen molar-refractivity contribution in [2.75, 3.05) is 19.7 Å². The Balaban J connectivity index is 2.76. The Morgan fingerprint density at radius 3 is 2.13 bits per heavy atom. The molecule has 7 heteroatoms. The summed E-state index contributed by atoms with van der Waals surface area (Å²) in [7, 11) is 2.88. The highest BCUT2D eigenvalue weighted by atomic mass is 32.5. The van der Waals surface area contributed by atoms with Crippen molar-refractivity contribution >= 4 is 24.2 Å². The summed E-state index contributed by atoms with van der Waals surface area (Å²) in [6.45, 7) is -2.68. The zero-order valence-electron chi connectivity index (χ0n) is 8.34. The number of anilines is 1. The molecule has 1 rings (SSSR count). The van der Waals surface area contributed by atoms with E-state index in [1.54, 1.807) is 24.3 Å². The molecular formula is C8H12NO4PS. The van der Waals surface area contributed by atoms with Gasteiger partial charge in [0.15, 0.2) is 0 Å². The van der Waals surface area contributed by atoms with Crippen LogP contribution >= 0.6 is 6.72 Å². The lowest BCUT2D eigenvalue weighted by Crippen LogP contribution is -1.97. The molecular weight excluding hydrogens is 237 g/mol. The van der Waals surface area contributed by atoms with Crippen LogP contribution in [0.1, 0.15) is 0 Å². The SMILES string of the molecule is COP(=S)(OC)Oc1ccc(NO)cc1. The van der Waals surface area contributed by atoms with Crippen LogP contribution in [0.5, 0.6) is 5.75 Å². The van der Waals surface area contributed by atoms with Crippen LogP contribution in [0.2, 0.25) is 0 Å². The van der Waals surface area contributed by atoms with Gasteiger partial charge in [-0.1, -0.05) is 0 Å². The van der Waals surface area contributed by atoms with Gasteiger partial charge in [-0.15, -0.1) is 0 Å². The first-order valence-electron chi connectivity index (χ1n) is 4.05. The van der Waals surface area contributed by atoms with Crippen molar-refractivity contribution in [1.29, 1.82) is 0 Å². The Morgan fingerprint density at radius 1 is 1.20 bits per heavy atom. The monoisotopic (exact) mass is 249 g/mol. The van der Waals surface area contributed by atoms with E-state index in [0.717, 1.165) is 0 Å². The Labute approximate surface area is 93.2 Å². The molecule has 0 atom stereocenters. The van der Waals surface area contributed by atoms with E-state index in [0.29, 0.717) is 11.4 Å². The van der Waals surface area contributed by atoms with E-state index in [4.69, 9.17) is 30.6 Å². The average molecular weight is 249 g/mol. The third-order valence-corrected chi connectivity index (χ3v) is 4.09. The van der Waals surface area contributed by atoms with E-state index in [1.165, 1.54) is 14.2 Å². The Bertz CT molecular complexity index is 348. The van der Waals surface area contributed by atoms with Crippen molar-refractivity contribution in [1.82, 2.24) is 0 Å². The zero-order chi connectivity index (χ0) is 11.3. The van der Waals surface area contributed by atoms with Gasteiger partial charge in [-0.05, 0) is 24.3 Å². The van der Waals surface area contributed by atoms with E-state index in [2.05, 4.69) is 0 Å². The number of nitrogens with one attached hydrogen (secondary N) is 1. The fraction of sp³-hybridized carbons (Fsp3) is 0.250. The lowest BCUT2D eigenvalue weighted by Gasteiger charge is -2.18. The van der Waals surface area contributed by atoms with Crippen molar-refractivity contribution in [3.8, 4) is 5.75 Å². The normalized spacial score (nSPS) is 11.1. The van der Waals surface area contributed by atoms with Gasteiger partial charge in [0.05, 0.1) is 5.69 Å². The standard InChI is InChI=1S/C8H12NO4PS/c1-11-14(15,12-2)13-8-5-3-7(9-10)4-6-8/h3-6,9-10H,1-2H3. The summed E-state index contributed by atoms with van der Waals surface area (Å²) < 4.78 is 15.3. The summed E-state index contributed by atoms with van der Waals surface area (Å²) in [6, 6.07) is 6.58. The van der Waals surface area contributed by atoms with E-state index in [9.17, 15) is 0 Å². The number of rotatable bonds is 5. The predicted molar refractivity (Wildman–Crippen MR) is 60.8 cm³/mol. The Hall–Kier alpha value is -0.650. The highest BCUT2D eigenvalue weighted by Crippen LogP contribution is 2.48. The topological polar surface area (TPSA) is 60.0 Å². The van der Waals surface area contributed by atoms with Crippen LogP contribution < -0.4 is 10.0 Å². The molecule has 0 unspecified atom stereocenters. The fourth-order valence-corrected chi connectivity index (χ4v) is 1.80. The summed E-state index contributed by atoms with van der Waals surface area (Å²) in [5, 5.41) is 8.60. The van der Waals surface area contributed by atoms with Crippen molar-refractivity contribution in [2.45, 2.75) is 0 Å². The molecule has 0 saturated heterocycles. The molecule has 2 N–H and O–H groups in total. The van der Waals surface area contributed by atoms with Gasteiger partial charge in [-0.3, -0.25) is 10.7 Å². The number of hydrogen-bond donors (Lipinski definition) is 2. The van der Waals surface area contributed by atoms with Gasteiger partial charge in [0.1, 0.15) is 5.75 Å². The van der Waals surface area contributed by atoms with Crippen molar-refractivity contribution < 1.29 is 18.8 Å². The molecule has 5 nitrogen and oxygen atoms in total. The van der Waals surface area contributed by atoms with Crippen LogP contribution in [0, 0.1) is 0 Å². The average Bonchev–Trinajstić information content (AvgIpc) is 2.30. The molecule has 0 heterocycles. The highest BCUT2D eigenvalue weighted by molar-refractivity contribution is 8.07. The number of benzene rings is 1. The summed E-state index contributed by atoms with van der Waals surface area (Å²) in [4.78, 5) is 0. The molecule has 1 aromatic rings. The third kappa shape index (κ3) is 3.44. The number of hydrogen-bond acceptors (Lipinski definition) is 6. The summed E-state index contributed by atoms with van der Waals surface area (Å²) in [5.41, 5.74) is 2.57.